The molecule has 1 aliphatic heterocycles. The van der Waals surface area contributed by atoms with Gasteiger partial charge in [0.05, 0.1) is 6.54 Å². The van der Waals surface area contributed by atoms with Crippen LogP contribution in [0, 0.1) is 0 Å². The number of halogens is 1. The van der Waals surface area contributed by atoms with E-state index in [9.17, 15) is 9.59 Å². The topological polar surface area (TPSA) is 51.5 Å². The molecule has 0 aliphatic carbocycles. The number of rotatable bonds is 5. The molecule has 0 saturated carbocycles. The van der Waals surface area contributed by atoms with Crippen LogP contribution in [-0.2, 0) is 9.53 Å². The Balaban J connectivity index is 1.90. The lowest BCUT2D eigenvalue weighted by Gasteiger charge is -2.16. The second-order valence-corrected chi connectivity index (χ2v) is 6.08. The number of carbonyl (C=O) groups is 2. The van der Waals surface area contributed by atoms with Crippen LogP contribution < -0.4 is 0 Å². The number of hydrogen-bond acceptors (Lipinski definition) is 3. The highest BCUT2D eigenvalue weighted by Crippen LogP contribution is 2.20. The van der Waals surface area contributed by atoms with Crippen LogP contribution in [-0.4, -0.2) is 41.0 Å². The summed E-state index contributed by atoms with van der Waals surface area (Å²) in [5.74, 6) is -0.203. The summed E-state index contributed by atoms with van der Waals surface area (Å²) in [7, 11) is 0. The number of aromatic nitrogens is 1. The number of hydrogen-bond donors (Lipinski definition) is 0. The summed E-state index contributed by atoms with van der Waals surface area (Å²) in [6.45, 7) is 5.50. The van der Waals surface area contributed by atoms with E-state index >= 15 is 0 Å². The molecule has 110 valence electrons. The Morgan fingerprint density at radius 1 is 1.50 bits per heavy atom. The molecule has 1 aliphatic rings. The second kappa shape index (κ2) is 6.43. The summed E-state index contributed by atoms with van der Waals surface area (Å²) in [5, 5.41) is 0. The number of likely N-dealkylation sites (tertiary alicyclic amines) is 1. The Morgan fingerprint density at radius 3 is 2.85 bits per heavy atom. The molecule has 0 radical (unpaired) electrons. The maximum Gasteiger partial charge on any atom is 0.355 e. The molecule has 0 unspecified atom stereocenters. The van der Waals surface area contributed by atoms with Crippen LogP contribution in [0.1, 0.15) is 43.2 Å². The Labute approximate surface area is 127 Å². The van der Waals surface area contributed by atoms with Gasteiger partial charge in [-0.2, -0.15) is 0 Å². The lowest BCUT2D eigenvalue weighted by atomic mass is 10.3. The van der Waals surface area contributed by atoms with Crippen molar-refractivity contribution in [2.24, 2.45) is 0 Å². The van der Waals surface area contributed by atoms with Crippen molar-refractivity contribution in [1.82, 2.24) is 9.47 Å². The number of esters is 1. The minimum absolute atomic E-state index is 0.148. The number of amides is 1. The largest absolute Gasteiger partial charge is 0.459 e. The fourth-order valence-electron chi connectivity index (χ4n) is 2.30. The standard InChI is InChI=1S/C14H19BrN2O3/c1-10(2)17-9-11(15)8-12(17)14(19)20-7-6-16-5-3-4-13(16)18/h8-10H,3-7H2,1-2H3. The van der Waals surface area contributed by atoms with Crippen molar-refractivity contribution in [2.75, 3.05) is 19.7 Å². The first kappa shape index (κ1) is 15.1. The van der Waals surface area contributed by atoms with Gasteiger partial charge in [-0.3, -0.25) is 4.79 Å². The minimum Gasteiger partial charge on any atom is -0.459 e. The van der Waals surface area contributed by atoms with E-state index < -0.39 is 0 Å². The van der Waals surface area contributed by atoms with Crippen molar-refractivity contribution in [1.29, 1.82) is 0 Å². The Bertz CT molecular complexity index is 511. The summed E-state index contributed by atoms with van der Waals surface area (Å²) >= 11 is 3.37. The van der Waals surface area contributed by atoms with Crippen LogP contribution in [0.5, 0.6) is 0 Å². The highest BCUT2D eigenvalue weighted by molar-refractivity contribution is 9.10. The summed E-state index contributed by atoms with van der Waals surface area (Å²) in [6.07, 6.45) is 3.37. The Morgan fingerprint density at radius 2 is 2.25 bits per heavy atom. The van der Waals surface area contributed by atoms with Crippen LogP contribution in [0.2, 0.25) is 0 Å². The quantitative estimate of drug-likeness (QED) is 0.773. The average Bonchev–Trinajstić information content (AvgIpc) is 2.96. The summed E-state index contributed by atoms with van der Waals surface area (Å²) < 4.78 is 7.99. The highest BCUT2D eigenvalue weighted by atomic mass is 79.9. The van der Waals surface area contributed by atoms with Gasteiger partial charge in [0.25, 0.3) is 0 Å². The van der Waals surface area contributed by atoms with E-state index in [1.807, 2.05) is 24.6 Å². The molecule has 1 amide bonds. The summed E-state index contributed by atoms with van der Waals surface area (Å²) in [4.78, 5) is 25.3. The van der Waals surface area contributed by atoms with Gasteiger partial charge in [-0.25, -0.2) is 4.79 Å². The second-order valence-electron chi connectivity index (χ2n) is 5.16. The molecule has 5 nitrogen and oxygen atoms in total. The fraction of sp³-hybridized carbons (Fsp3) is 0.571. The monoisotopic (exact) mass is 342 g/mol. The van der Waals surface area contributed by atoms with Gasteiger partial charge in [-0.05, 0) is 42.3 Å². The molecule has 0 N–H and O–H groups in total. The molecular formula is C14H19BrN2O3. The van der Waals surface area contributed by atoms with Crippen LogP contribution in [0.25, 0.3) is 0 Å². The van der Waals surface area contributed by atoms with Gasteiger partial charge >= 0.3 is 5.97 Å². The summed E-state index contributed by atoms with van der Waals surface area (Å²) in [6, 6.07) is 1.94. The number of nitrogens with zero attached hydrogens (tertiary/aromatic N) is 2. The number of ether oxygens (including phenoxy) is 1. The van der Waals surface area contributed by atoms with Crippen LogP contribution in [0.4, 0.5) is 0 Å². The van der Waals surface area contributed by atoms with Gasteiger partial charge in [-0.1, -0.05) is 0 Å². The van der Waals surface area contributed by atoms with E-state index in [0.717, 1.165) is 17.4 Å². The zero-order chi connectivity index (χ0) is 14.7. The smallest absolute Gasteiger partial charge is 0.355 e. The molecule has 0 atom stereocenters. The maximum atomic E-state index is 12.1. The third-order valence-corrected chi connectivity index (χ3v) is 3.78. The van der Waals surface area contributed by atoms with Crippen LogP contribution in [0.3, 0.4) is 0 Å². The first-order valence-corrected chi connectivity index (χ1v) is 7.60. The molecule has 1 aromatic rings. The highest BCUT2D eigenvalue weighted by Gasteiger charge is 2.21. The predicted molar refractivity (Wildman–Crippen MR) is 78.6 cm³/mol. The van der Waals surface area contributed by atoms with Gasteiger partial charge in [0, 0.05) is 29.7 Å². The third-order valence-electron chi connectivity index (χ3n) is 3.35. The van der Waals surface area contributed by atoms with Gasteiger partial charge in [0.1, 0.15) is 12.3 Å². The average molecular weight is 343 g/mol. The van der Waals surface area contributed by atoms with Crippen molar-refractivity contribution in [3.8, 4) is 0 Å². The molecule has 1 fully saturated rings. The van der Waals surface area contributed by atoms with E-state index in [0.29, 0.717) is 18.7 Å². The van der Waals surface area contributed by atoms with Gasteiger partial charge in [-0.15, -0.1) is 0 Å². The zero-order valence-electron chi connectivity index (χ0n) is 11.8. The molecule has 2 heterocycles. The van der Waals surface area contributed by atoms with Gasteiger partial charge in [0.2, 0.25) is 5.91 Å². The van der Waals surface area contributed by atoms with E-state index in [1.54, 1.807) is 11.0 Å². The van der Waals surface area contributed by atoms with Gasteiger partial charge in [0.15, 0.2) is 0 Å². The number of carbonyl (C=O) groups excluding carboxylic acids is 2. The first-order chi connectivity index (χ1) is 9.49. The van der Waals surface area contributed by atoms with Crippen molar-refractivity contribution in [3.05, 3.63) is 22.4 Å². The normalized spacial score (nSPS) is 15.2. The van der Waals surface area contributed by atoms with Crippen molar-refractivity contribution < 1.29 is 14.3 Å². The lowest BCUT2D eigenvalue weighted by Crippen LogP contribution is -2.29. The SMILES string of the molecule is CC(C)n1cc(Br)cc1C(=O)OCCN1CCCC1=O. The predicted octanol–water partition coefficient (Wildman–Crippen LogP) is 2.61. The maximum absolute atomic E-state index is 12.1. The van der Waals surface area contributed by atoms with Crippen molar-refractivity contribution in [3.63, 3.8) is 0 Å². The molecule has 6 heteroatoms. The van der Waals surface area contributed by atoms with Crippen molar-refractivity contribution >= 4 is 27.8 Å². The van der Waals surface area contributed by atoms with Gasteiger partial charge < -0.3 is 14.2 Å². The van der Waals surface area contributed by atoms with E-state index in [-0.39, 0.29) is 24.5 Å². The molecule has 20 heavy (non-hydrogen) atoms. The molecule has 1 aromatic heterocycles. The Kier molecular flexibility index (Phi) is 4.86. The van der Waals surface area contributed by atoms with E-state index in [1.165, 1.54) is 0 Å². The molecular weight excluding hydrogens is 324 g/mol. The van der Waals surface area contributed by atoms with E-state index in [2.05, 4.69) is 15.9 Å². The fourth-order valence-corrected chi connectivity index (χ4v) is 2.74. The molecule has 1 saturated heterocycles. The van der Waals surface area contributed by atoms with Crippen LogP contribution in [0.15, 0.2) is 16.7 Å². The zero-order valence-corrected chi connectivity index (χ0v) is 13.4. The summed E-state index contributed by atoms with van der Waals surface area (Å²) in [5.41, 5.74) is 0.527. The molecule has 0 spiro atoms. The van der Waals surface area contributed by atoms with Crippen molar-refractivity contribution in [2.45, 2.75) is 32.7 Å². The molecule has 2 rings (SSSR count). The first-order valence-electron chi connectivity index (χ1n) is 6.81. The Hall–Kier alpha value is -1.30. The lowest BCUT2D eigenvalue weighted by molar-refractivity contribution is -0.128. The van der Waals surface area contributed by atoms with E-state index in [4.69, 9.17) is 4.74 Å². The third kappa shape index (κ3) is 3.42. The minimum atomic E-state index is -0.351. The van der Waals surface area contributed by atoms with Crippen LogP contribution >= 0.6 is 15.9 Å². The molecule has 0 aromatic carbocycles. The molecule has 0 bridgehead atoms.